The van der Waals surface area contributed by atoms with Crippen molar-refractivity contribution in [3.8, 4) is 0 Å². The van der Waals surface area contributed by atoms with Crippen LogP contribution in [0.25, 0.3) is 0 Å². The van der Waals surface area contributed by atoms with Crippen molar-refractivity contribution >= 4 is 22.9 Å². The number of hydrogen-bond donors (Lipinski definition) is 2. The average molecular weight is 274 g/mol. The zero-order valence-corrected chi connectivity index (χ0v) is 12.2. The van der Waals surface area contributed by atoms with E-state index in [2.05, 4.69) is 0 Å². The third-order valence-corrected chi connectivity index (χ3v) is 3.53. The van der Waals surface area contributed by atoms with Crippen LogP contribution >= 0.6 is 11.8 Å². The average Bonchev–Trinajstić information content (AvgIpc) is 2.25. The van der Waals surface area contributed by atoms with Crippen molar-refractivity contribution in [2.75, 3.05) is 19.3 Å². The second kappa shape index (κ2) is 5.93. The molecule has 0 spiro atoms. The van der Waals surface area contributed by atoms with Crippen LogP contribution in [0, 0.1) is 11.3 Å². The van der Waals surface area contributed by atoms with E-state index in [9.17, 15) is 9.90 Å². The molecule has 0 aromatic carbocycles. The third kappa shape index (κ3) is 4.17. The van der Waals surface area contributed by atoms with Gasteiger partial charge in [-0.05, 0) is 33.4 Å². The first-order valence-electron chi connectivity index (χ1n) is 6.03. The van der Waals surface area contributed by atoms with Gasteiger partial charge in [-0.25, -0.2) is 4.79 Å². The minimum Gasteiger partial charge on any atom is -0.444 e. The first-order valence-corrected chi connectivity index (χ1v) is 7.25. The van der Waals surface area contributed by atoms with Crippen molar-refractivity contribution in [1.82, 2.24) is 4.90 Å². The Morgan fingerprint density at radius 2 is 2.11 bits per heavy atom. The Bertz CT molecular complexity index is 328. The number of carbonyl (C=O) groups is 1. The molecule has 0 saturated carbocycles. The monoisotopic (exact) mass is 274 g/mol. The van der Waals surface area contributed by atoms with Gasteiger partial charge in [-0.3, -0.25) is 5.41 Å². The molecule has 0 unspecified atom stereocenters. The molecular formula is C12H22N2O3S. The van der Waals surface area contributed by atoms with Gasteiger partial charge >= 0.3 is 6.09 Å². The predicted molar refractivity (Wildman–Crippen MR) is 73.2 cm³/mol. The number of rotatable bonds is 1. The van der Waals surface area contributed by atoms with E-state index in [0.717, 1.165) is 0 Å². The second-order valence-electron chi connectivity index (χ2n) is 5.46. The van der Waals surface area contributed by atoms with Crippen LogP contribution in [0.1, 0.15) is 27.2 Å². The molecule has 2 atom stereocenters. The van der Waals surface area contributed by atoms with E-state index >= 15 is 0 Å². The molecule has 0 aromatic heterocycles. The molecule has 1 fully saturated rings. The quantitative estimate of drug-likeness (QED) is 0.566. The molecule has 1 aliphatic heterocycles. The van der Waals surface area contributed by atoms with Gasteiger partial charge in [-0.2, -0.15) is 0 Å². The van der Waals surface area contributed by atoms with Crippen LogP contribution in [0.3, 0.4) is 0 Å². The molecule has 0 aromatic rings. The Labute approximate surface area is 112 Å². The number of nitrogens with zero attached hydrogens (tertiary/aromatic N) is 1. The van der Waals surface area contributed by atoms with E-state index in [-0.39, 0.29) is 12.5 Å². The highest BCUT2D eigenvalue weighted by molar-refractivity contribution is 8.13. The minimum absolute atomic E-state index is 0.154. The topological polar surface area (TPSA) is 73.6 Å². The standard InChI is InChI=1S/C12H22N2O3S/c1-12(2,3)17-11(16)14-6-5-8(9(15)7-14)10(13)18-4/h8-9,13,15H,5-7H2,1-4H3/t8-,9-/m1/s1. The van der Waals surface area contributed by atoms with Crippen molar-refractivity contribution in [2.45, 2.75) is 38.9 Å². The van der Waals surface area contributed by atoms with E-state index in [4.69, 9.17) is 10.1 Å². The lowest BCUT2D eigenvalue weighted by Crippen LogP contribution is -2.49. The van der Waals surface area contributed by atoms with Crippen molar-refractivity contribution in [3.05, 3.63) is 0 Å². The number of hydrogen-bond acceptors (Lipinski definition) is 5. The van der Waals surface area contributed by atoms with Crippen molar-refractivity contribution < 1.29 is 14.6 Å². The molecule has 2 N–H and O–H groups in total. The van der Waals surface area contributed by atoms with E-state index in [1.807, 2.05) is 27.0 Å². The van der Waals surface area contributed by atoms with Gasteiger partial charge in [0.25, 0.3) is 0 Å². The molecule has 1 amide bonds. The molecule has 104 valence electrons. The normalized spacial score (nSPS) is 24.8. The van der Waals surface area contributed by atoms with Gasteiger partial charge in [0.15, 0.2) is 0 Å². The Kier molecular flexibility index (Phi) is 5.04. The van der Waals surface area contributed by atoms with Crippen LogP contribution in [0.15, 0.2) is 0 Å². The molecule has 1 aliphatic rings. The molecule has 0 bridgehead atoms. The molecule has 5 nitrogen and oxygen atoms in total. The van der Waals surface area contributed by atoms with Crippen LogP contribution in [-0.2, 0) is 4.74 Å². The van der Waals surface area contributed by atoms with Crippen molar-refractivity contribution in [2.24, 2.45) is 5.92 Å². The summed E-state index contributed by atoms with van der Waals surface area (Å²) in [6.07, 6.45) is 1.37. The fourth-order valence-electron chi connectivity index (χ4n) is 1.88. The largest absolute Gasteiger partial charge is 0.444 e. The Morgan fingerprint density at radius 1 is 1.50 bits per heavy atom. The zero-order valence-electron chi connectivity index (χ0n) is 11.4. The third-order valence-electron chi connectivity index (χ3n) is 2.79. The van der Waals surface area contributed by atoms with Crippen LogP contribution in [0.2, 0.25) is 0 Å². The molecule has 1 heterocycles. The summed E-state index contributed by atoms with van der Waals surface area (Å²) in [5.74, 6) is -0.154. The summed E-state index contributed by atoms with van der Waals surface area (Å²) in [7, 11) is 0. The summed E-state index contributed by atoms with van der Waals surface area (Å²) in [5.41, 5.74) is -0.523. The second-order valence-corrected chi connectivity index (χ2v) is 6.31. The summed E-state index contributed by atoms with van der Waals surface area (Å²) in [6, 6.07) is 0. The lowest BCUT2D eigenvalue weighted by Gasteiger charge is -2.36. The number of carbonyl (C=O) groups excluding carboxylic acids is 1. The van der Waals surface area contributed by atoms with E-state index in [0.29, 0.717) is 18.0 Å². The van der Waals surface area contributed by atoms with Gasteiger partial charge in [0.05, 0.1) is 17.7 Å². The van der Waals surface area contributed by atoms with Crippen LogP contribution in [0.4, 0.5) is 4.79 Å². The first-order chi connectivity index (χ1) is 8.24. The Balaban J connectivity index is 2.55. The van der Waals surface area contributed by atoms with Gasteiger partial charge < -0.3 is 14.7 Å². The smallest absolute Gasteiger partial charge is 0.410 e. The molecule has 6 heteroatoms. The summed E-state index contributed by atoms with van der Waals surface area (Å²) in [6.45, 7) is 6.22. The molecule has 18 heavy (non-hydrogen) atoms. The van der Waals surface area contributed by atoms with Gasteiger partial charge in [0.2, 0.25) is 0 Å². The fourth-order valence-corrected chi connectivity index (χ4v) is 2.46. The first kappa shape index (κ1) is 15.3. The maximum absolute atomic E-state index is 11.8. The van der Waals surface area contributed by atoms with Gasteiger partial charge in [0.1, 0.15) is 5.60 Å². The van der Waals surface area contributed by atoms with Crippen LogP contribution < -0.4 is 0 Å². The maximum atomic E-state index is 11.8. The molecule has 1 rings (SSSR count). The SMILES string of the molecule is CSC(=N)[C@@H]1CCN(C(=O)OC(C)(C)C)C[C@H]1O. The predicted octanol–water partition coefficient (Wildman–Crippen LogP) is 1.94. The van der Waals surface area contributed by atoms with Gasteiger partial charge in [-0.1, -0.05) is 0 Å². The van der Waals surface area contributed by atoms with Crippen LogP contribution in [-0.4, -0.2) is 52.2 Å². The lowest BCUT2D eigenvalue weighted by molar-refractivity contribution is -0.00279. The number of nitrogens with one attached hydrogen (secondary N) is 1. The van der Waals surface area contributed by atoms with E-state index in [1.54, 1.807) is 0 Å². The highest BCUT2D eigenvalue weighted by Gasteiger charge is 2.34. The number of aliphatic hydroxyl groups excluding tert-OH is 1. The Hall–Kier alpha value is -0.750. The van der Waals surface area contributed by atoms with Crippen LogP contribution in [0.5, 0.6) is 0 Å². The molecular weight excluding hydrogens is 252 g/mol. The number of piperidine rings is 1. The van der Waals surface area contributed by atoms with E-state index < -0.39 is 17.8 Å². The molecule has 1 saturated heterocycles. The number of thioether (sulfide) groups is 1. The number of amides is 1. The van der Waals surface area contributed by atoms with Gasteiger partial charge in [-0.15, -0.1) is 11.8 Å². The number of β-amino-alcohol motifs (C(OH)–C–C–N with tert-alkyl or cyclic N) is 1. The zero-order chi connectivity index (χ0) is 13.9. The summed E-state index contributed by atoms with van der Waals surface area (Å²) >= 11 is 1.34. The van der Waals surface area contributed by atoms with Crippen molar-refractivity contribution in [3.63, 3.8) is 0 Å². The fraction of sp³-hybridized carbons (Fsp3) is 0.833. The number of ether oxygens (including phenoxy) is 1. The molecule has 0 radical (unpaired) electrons. The molecule has 0 aliphatic carbocycles. The summed E-state index contributed by atoms with van der Waals surface area (Å²) in [4.78, 5) is 13.4. The summed E-state index contributed by atoms with van der Waals surface area (Å²) in [5, 5.41) is 18.2. The highest BCUT2D eigenvalue weighted by Crippen LogP contribution is 2.24. The lowest BCUT2D eigenvalue weighted by atomic mass is 9.95. The number of likely N-dealkylation sites (tertiary alicyclic amines) is 1. The minimum atomic E-state index is -0.675. The number of aliphatic hydroxyl groups is 1. The Morgan fingerprint density at radius 3 is 2.56 bits per heavy atom. The maximum Gasteiger partial charge on any atom is 0.410 e. The highest BCUT2D eigenvalue weighted by atomic mass is 32.2. The van der Waals surface area contributed by atoms with Crippen molar-refractivity contribution in [1.29, 1.82) is 5.41 Å². The summed E-state index contributed by atoms with van der Waals surface area (Å²) < 4.78 is 5.26. The van der Waals surface area contributed by atoms with Gasteiger partial charge in [0, 0.05) is 12.5 Å². The van der Waals surface area contributed by atoms with E-state index in [1.165, 1.54) is 16.7 Å².